The lowest BCUT2D eigenvalue weighted by Crippen LogP contribution is -2.48. The van der Waals surface area contributed by atoms with Gasteiger partial charge in [0.2, 0.25) is 0 Å². The first kappa shape index (κ1) is 17.9. The van der Waals surface area contributed by atoms with Crippen LogP contribution in [0.4, 0.5) is 0 Å². The van der Waals surface area contributed by atoms with E-state index in [0.717, 1.165) is 55.0 Å². The van der Waals surface area contributed by atoms with E-state index in [4.69, 9.17) is 4.98 Å². The van der Waals surface area contributed by atoms with E-state index in [1.807, 2.05) is 48.4 Å². The van der Waals surface area contributed by atoms with Crippen molar-refractivity contribution in [1.82, 2.24) is 24.8 Å². The fraction of sp³-hybridized carbons (Fsp3) is 0.348. The molecule has 6 heteroatoms. The standard InChI is InChI=1S/C23H23N5O/c1-16-19(13-24-15-26-16)22(29)28-11-5-9-23(14-28)10-8-18-12-25-21(27-20(18)23)17-6-3-2-4-7-17/h2-4,6-7,12-13,15H,5,8-11,14H2,1H3. The summed E-state index contributed by atoms with van der Waals surface area (Å²) in [5.74, 6) is 0.786. The number of hydrogen-bond acceptors (Lipinski definition) is 5. The predicted octanol–water partition coefficient (Wildman–Crippen LogP) is 3.36. The van der Waals surface area contributed by atoms with E-state index in [1.165, 1.54) is 11.9 Å². The van der Waals surface area contributed by atoms with Gasteiger partial charge in [0.25, 0.3) is 5.91 Å². The Morgan fingerprint density at radius 3 is 2.79 bits per heavy atom. The van der Waals surface area contributed by atoms with Gasteiger partial charge in [-0.1, -0.05) is 30.3 Å². The first-order valence-corrected chi connectivity index (χ1v) is 10.1. The highest BCUT2D eigenvalue weighted by Crippen LogP contribution is 2.44. The van der Waals surface area contributed by atoms with Crippen LogP contribution in [0.2, 0.25) is 0 Å². The van der Waals surface area contributed by atoms with Crippen molar-refractivity contribution in [3.05, 3.63) is 71.6 Å². The molecule has 1 amide bonds. The van der Waals surface area contributed by atoms with Gasteiger partial charge in [-0.2, -0.15) is 0 Å². The van der Waals surface area contributed by atoms with Crippen molar-refractivity contribution in [2.24, 2.45) is 0 Å². The third-order valence-electron chi connectivity index (χ3n) is 6.28. The van der Waals surface area contributed by atoms with E-state index in [0.29, 0.717) is 12.1 Å². The summed E-state index contributed by atoms with van der Waals surface area (Å²) in [6.45, 7) is 3.32. The van der Waals surface area contributed by atoms with Crippen molar-refractivity contribution < 1.29 is 4.79 Å². The average molecular weight is 385 g/mol. The molecule has 2 aromatic heterocycles. The van der Waals surface area contributed by atoms with Gasteiger partial charge in [-0.3, -0.25) is 4.79 Å². The minimum Gasteiger partial charge on any atom is -0.338 e. The SMILES string of the molecule is Cc1ncncc1C(=O)N1CCCC2(CCc3cnc(-c4ccccc4)nc32)C1. The molecule has 29 heavy (non-hydrogen) atoms. The molecule has 6 nitrogen and oxygen atoms in total. The summed E-state index contributed by atoms with van der Waals surface area (Å²) in [6.07, 6.45) is 9.11. The van der Waals surface area contributed by atoms with Gasteiger partial charge < -0.3 is 4.90 Å². The van der Waals surface area contributed by atoms with Crippen LogP contribution in [-0.4, -0.2) is 43.8 Å². The maximum Gasteiger partial charge on any atom is 0.257 e. The van der Waals surface area contributed by atoms with E-state index in [-0.39, 0.29) is 11.3 Å². The summed E-state index contributed by atoms with van der Waals surface area (Å²) in [4.78, 5) is 33.0. The van der Waals surface area contributed by atoms with Crippen LogP contribution in [0, 0.1) is 6.92 Å². The van der Waals surface area contributed by atoms with E-state index in [1.54, 1.807) is 6.20 Å². The topological polar surface area (TPSA) is 71.9 Å². The van der Waals surface area contributed by atoms with Gasteiger partial charge in [0.15, 0.2) is 5.82 Å². The van der Waals surface area contributed by atoms with Gasteiger partial charge in [0.1, 0.15) is 6.33 Å². The Kier molecular flexibility index (Phi) is 4.34. The van der Waals surface area contributed by atoms with Gasteiger partial charge >= 0.3 is 0 Å². The molecule has 0 saturated carbocycles. The Balaban J connectivity index is 1.48. The summed E-state index contributed by atoms with van der Waals surface area (Å²) in [5.41, 5.74) is 4.61. The molecule has 3 aromatic rings. The molecule has 1 aromatic carbocycles. The van der Waals surface area contributed by atoms with Crippen LogP contribution in [-0.2, 0) is 11.8 Å². The molecule has 146 valence electrons. The molecule has 1 aliphatic carbocycles. The molecule has 1 fully saturated rings. The minimum atomic E-state index is -0.0841. The third kappa shape index (κ3) is 3.09. The Hall–Kier alpha value is -3.15. The second-order valence-corrected chi connectivity index (χ2v) is 8.07. The summed E-state index contributed by atoms with van der Waals surface area (Å²) in [7, 11) is 0. The molecule has 0 N–H and O–H groups in total. The molecule has 2 aliphatic rings. The Labute approximate surface area is 170 Å². The minimum absolute atomic E-state index is 0.0213. The Morgan fingerprint density at radius 2 is 1.97 bits per heavy atom. The van der Waals surface area contributed by atoms with Crippen LogP contribution in [0.25, 0.3) is 11.4 Å². The molecule has 1 aliphatic heterocycles. The average Bonchev–Trinajstić information content (AvgIpc) is 3.11. The number of aromatic nitrogens is 4. The molecule has 3 heterocycles. The largest absolute Gasteiger partial charge is 0.338 e. The number of piperidine rings is 1. The van der Waals surface area contributed by atoms with Crippen molar-refractivity contribution >= 4 is 5.91 Å². The van der Waals surface area contributed by atoms with Crippen molar-refractivity contribution in [3.8, 4) is 11.4 Å². The maximum atomic E-state index is 13.2. The first-order chi connectivity index (χ1) is 14.2. The number of nitrogens with zero attached hydrogens (tertiary/aromatic N) is 5. The lowest BCUT2D eigenvalue weighted by molar-refractivity contribution is 0.0631. The number of likely N-dealkylation sites (tertiary alicyclic amines) is 1. The molecule has 1 atom stereocenters. The molecule has 0 radical (unpaired) electrons. The van der Waals surface area contributed by atoms with E-state index in [9.17, 15) is 4.79 Å². The number of carbonyl (C=O) groups excluding carboxylic acids is 1. The lowest BCUT2D eigenvalue weighted by Gasteiger charge is -2.40. The number of benzene rings is 1. The molecule has 1 spiro atoms. The Bertz CT molecular complexity index is 1060. The number of hydrogen-bond donors (Lipinski definition) is 0. The van der Waals surface area contributed by atoms with E-state index < -0.39 is 0 Å². The Morgan fingerprint density at radius 1 is 1.10 bits per heavy atom. The highest BCUT2D eigenvalue weighted by molar-refractivity contribution is 5.95. The van der Waals surface area contributed by atoms with E-state index in [2.05, 4.69) is 15.0 Å². The quantitative estimate of drug-likeness (QED) is 0.676. The van der Waals surface area contributed by atoms with Crippen molar-refractivity contribution in [2.75, 3.05) is 13.1 Å². The number of aryl methyl sites for hydroxylation is 2. The van der Waals surface area contributed by atoms with Crippen molar-refractivity contribution in [2.45, 2.75) is 38.0 Å². The number of rotatable bonds is 2. The first-order valence-electron chi connectivity index (χ1n) is 10.1. The zero-order chi connectivity index (χ0) is 19.8. The van der Waals surface area contributed by atoms with Gasteiger partial charge in [0.05, 0.1) is 17.0 Å². The number of carbonyl (C=O) groups is 1. The summed E-state index contributed by atoms with van der Waals surface area (Å²) in [5, 5.41) is 0. The molecule has 0 bridgehead atoms. The summed E-state index contributed by atoms with van der Waals surface area (Å²) in [6, 6.07) is 10.1. The maximum absolute atomic E-state index is 13.2. The van der Waals surface area contributed by atoms with Crippen molar-refractivity contribution in [1.29, 1.82) is 0 Å². The van der Waals surface area contributed by atoms with Gasteiger partial charge in [0, 0.05) is 36.5 Å². The molecular weight excluding hydrogens is 362 g/mol. The highest BCUT2D eigenvalue weighted by Gasteiger charge is 2.45. The second kappa shape index (κ2) is 7.03. The van der Waals surface area contributed by atoms with Gasteiger partial charge in [-0.15, -0.1) is 0 Å². The summed E-state index contributed by atoms with van der Waals surface area (Å²) < 4.78 is 0. The zero-order valence-electron chi connectivity index (χ0n) is 16.5. The van der Waals surface area contributed by atoms with Gasteiger partial charge in [-0.25, -0.2) is 19.9 Å². The number of amides is 1. The monoisotopic (exact) mass is 385 g/mol. The van der Waals surface area contributed by atoms with Crippen LogP contribution in [0.3, 0.4) is 0 Å². The molecule has 5 rings (SSSR count). The fourth-order valence-corrected chi connectivity index (χ4v) is 4.74. The van der Waals surface area contributed by atoms with E-state index >= 15 is 0 Å². The van der Waals surface area contributed by atoms with Crippen LogP contribution in [0.5, 0.6) is 0 Å². The predicted molar refractivity (Wildman–Crippen MR) is 109 cm³/mol. The summed E-state index contributed by atoms with van der Waals surface area (Å²) >= 11 is 0. The normalized spacial score (nSPS) is 20.7. The van der Waals surface area contributed by atoms with Crippen LogP contribution < -0.4 is 0 Å². The van der Waals surface area contributed by atoms with Crippen LogP contribution in [0.1, 0.15) is 46.6 Å². The van der Waals surface area contributed by atoms with Crippen LogP contribution in [0.15, 0.2) is 49.1 Å². The van der Waals surface area contributed by atoms with Gasteiger partial charge in [-0.05, 0) is 38.2 Å². The molecular formula is C23H23N5O. The third-order valence-corrected chi connectivity index (χ3v) is 6.28. The molecule has 1 unspecified atom stereocenters. The molecule has 1 saturated heterocycles. The smallest absolute Gasteiger partial charge is 0.257 e. The second-order valence-electron chi connectivity index (χ2n) is 8.07. The zero-order valence-corrected chi connectivity index (χ0v) is 16.5. The van der Waals surface area contributed by atoms with Crippen molar-refractivity contribution in [3.63, 3.8) is 0 Å². The fourth-order valence-electron chi connectivity index (χ4n) is 4.74. The lowest BCUT2D eigenvalue weighted by atomic mass is 9.77. The number of fused-ring (bicyclic) bond motifs is 2. The highest BCUT2D eigenvalue weighted by atomic mass is 16.2. The van der Waals surface area contributed by atoms with Crippen LogP contribution >= 0.6 is 0 Å².